The number of hydrogen-bond donors (Lipinski definition) is 4. The molecule has 16 nitrogen and oxygen atoms in total. The van der Waals surface area contributed by atoms with Gasteiger partial charge in [0.05, 0.1) is 34.3 Å². The van der Waals surface area contributed by atoms with Crippen molar-refractivity contribution in [3.05, 3.63) is 142 Å². The van der Waals surface area contributed by atoms with E-state index in [1.807, 2.05) is 31.2 Å². The van der Waals surface area contributed by atoms with E-state index in [1.165, 1.54) is 28.8 Å². The van der Waals surface area contributed by atoms with Crippen LogP contribution in [0.3, 0.4) is 0 Å². The molecular weight excluding hydrogens is 969 g/mol. The van der Waals surface area contributed by atoms with Crippen molar-refractivity contribution in [3.63, 3.8) is 0 Å². The summed E-state index contributed by atoms with van der Waals surface area (Å²) in [4.78, 5) is 40.6. The summed E-state index contributed by atoms with van der Waals surface area (Å²) in [5.74, 6) is 1.18. The Balaban J connectivity index is 0.831. The molecule has 396 valence electrons. The zero-order valence-corrected chi connectivity index (χ0v) is 44.3. The molecular formula is C58H70N8O8S. The van der Waals surface area contributed by atoms with Crippen LogP contribution in [-0.4, -0.2) is 102 Å². The van der Waals surface area contributed by atoms with Gasteiger partial charge in [-0.2, -0.15) is 0 Å². The Labute approximate surface area is 440 Å². The zero-order chi connectivity index (χ0) is 52.5. The lowest BCUT2D eigenvalue weighted by molar-refractivity contribution is -0.384. The molecule has 2 aliphatic heterocycles. The van der Waals surface area contributed by atoms with Crippen LogP contribution in [0, 0.1) is 27.4 Å². The maximum absolute atomic E-state index is 14.1. The number of hydrogen-bond acceptors (Lipinski definition) is 13. The Bertz CT molecular complexity index is 3120. The van der Waals surface area contributed by atoms with Crippen LogP contribution >= 0.6 is 0 Å². The van der Waals surface area contributed by atoms with Crippen molar-refractivity contribution in [3.8, 4) is 17.2 Å². The van der Waals surface area contributed by atoms with Crippen LogP contribution in [0.4, 0.5) is 17.1 Å². The summed E-state index contributed by atoms with van der Waals surface area (Å²) in [6.07, 6.45) is 11.5. The molecule has 10 rings (SSSR count). The van der Waals surface area contributed by atoms with Crippen molar-refractivity contribution in [2.45, 2.75) is 108 Å². The van der Waals surface area contributed by atoms with Crippen LogP contribution in [-0.2, 0) is 23.0 Å². The molecule has 1 atom stereocenters. The first-order chi connectivity index (χ1) is 36.0. The van der Waals surface area contributed by atoms with Gasteiger partial charge in [-0.25, -0.2) is 18.1 Å². The predicted molar refractivity (Wildman–Crippen MR) is 291 cm³/mol. The number of anilines is 2. The number of amides is 1. The number of H-pyrrole nitrogens is 1. The van der Waals surface area contributed by atoms with E-state index in [9.17, 15) is 28.4 Å². The number of rotatable bonds is 17. The standard InChI is InChI=1S/C58H70N8O8S/c1-39(2)29-42-7-5-6-8-49(42)53-38-63(37-41-9-12-46(73-4)13-10-41)27-28-65(53)45-33-58(34-45)22-25-64(26-23-58)44-11-15-50(54(31-44)74-47-30-43-19-24-59-55(43)61-36-47)56(67)62-75(71,72)48-14-16-51(52(32-48)66(69)70)60-35-40-17-20-57(3,68)21-18-40/h5-16,19,24,30-32,36,39-40,45,53,60,68H,17-18,20-23,25-29,33-35,37-38H2,1-4H3,(H,59,61)(H,62,67). The van der Waals surface area contributed by atoms with Gasteiger partial charge in [-0.1, -0.05) is 50.2 Å². The molecule has 2 saturated heterocycles. The molecule has 4 fully saturated rings. The highest BCUT2D eigenvalue weighted by Gasteiger charge is 2.50. The minimum atomic E-state index is -4.59. The van der Waals surface area contributed by atoms with Crippen molar-refractivity contribution in [2.75, 3.05) is 56.6 Å². The molecule has 1 unspecified atom stereocenters. The molecule has 4 N–H and O–H groups in total. The molecule has 1 spiro atoms. The van der Waals surface area contributed by atoms with Gasteiger partial charge in [-0.15, -0.1) is 0 Å². The number of aromatic amines is 1. The number of nitrogens with one attached hydrogen (secondary N) is 3. The monoisotopic (exact) mass is 1040 g/mol. The molecule has 1 amide bonds. The molecule has 75 heavy (non-hydrogen) atoms. The summed E-state index contributed by atoms with van der Waals surface area (Å²) in [6.45, 7) is 12.4. The molecule has 4 aliphatic rings. The Kier molecular flexibility index (Phi) is 15.0. The van der Waals surface area contributed by atoms with Crippen molar-refractivity contribution in [1.82, 2.24) is 24.5 Å². The number of piperidine rings is 1. The fourth-order valence-electron chi connectivity index (χ4n) is 12.1. The first-order valence-electron chi connectivity index (χ1n) is 26.5. The van der Waals surface area contributed by atoms with E-state index in [4.69, 9.17) is 9.47 Å². The molecule has 4 aromatic carbocycles. The number of piperazine rings is 1. The van der Waals surface area contributed by atoms with Gasteiger partial charge in [0, 0.05) is 87.3 Å². The van der Waals surface area contributed by atoms with Gasteiger partial charge >= 0.3 is 0 Å². The number of nitro benzene ring substituents is 1. The van der Waals surface area contributed by atoms with Crippen LogP contribution < -0.4 is 24.4 Å². The summed E-state index contributed by atoms with van der Waals surface area (Å²) < 4.78 is 41.7. The molecule has 6 aromatic rings. The van der Waals surface area contributed by atoms with Crippen LogP contribution in [0.5, 0.6) is 17.2 Å². The summed E-state index contributed by atoms with van der Waals surface area (Å²) in [7, 11) is -2.89. The zero-order valence-electron chi connectivity index (χ0n) is 43.5. The number of pyridine rings is 1. The topological polar surface area (TPSA) is 195 Å². The highest BCUT2D eigenvalue weighted by Crippen LogP contribution is 2.53. The number of aromatic nitrogens is 2. The first kappa shape index (κ1) is 51.9. The second-order valence-corrected chi connectivity index (χ2v) is 23.9. The molecule has 2 saturated carbocycles. The number of sulfonamides is 1. The van der Waals surface area contributed by atoms with Gasteiger partial charge in [0.15, 0.2) is 0 Å². The van der Waals surface area contributed by atoms with E-state index in [2.05, 4.69) is 85.0 Å². The second-order valence-electron chi connectivity index (χ2n) is 22.2. The van der Waals surface area contributed by atoms with Crippen LogP contribution in [0.1, 0.15) is 105 Å². The SMILES string of the molecule is COc1ccc(CN2CCN(C3CC4(CCN(c5ccc(C(=O)NS(=O)(=O)c6ccc(NCC7CCC(C)(O)CC7)c([N+](=O)[O-])c6)c(Oc6cnc7[nH]ccc7c6)c5)CC4)C3)C(c3ccccc3CC(C)C)C2)cc1. The normalized spacial score (nSPS) is 21.5. The van der Waals surface area contributed by atoms with E-state index in [-0.39, 0.29) is 28.3 Å². The summed E-state index contributed by atoms with van der Waals surface area (Å²) >= 11 is 0. The third-order valence-electron chi connectivity index (χ3n) is 16.4. The van der Waals surface area contributed by atoms with Gasteiger partial charge in [0.1, 0.15) is 28.6 Å². The van der Waals surface area contributed by atoms with E-state index < -0.39 is 37.0 Å². The first-order valence-corrected chi connectivity index (χ1v) is 28.0. The number of nitrogens with zero attached hydrogens (tertiary/aromatic N) is 5. The quantitative estimate of drug-likeness (QED) is 0.0498. The maximum atomic E-state index is 14.1. The maximum Gasteiger partial charge on any atom is 0.293 e. The number of carbonyl (C=O) groups excluding carboxylic acids is 1. The van der Waals surface area contributed by atoms with Crippen LogP contribution in [0.2, 0.25) is 0 Å². The lowest BCUT2D eigenvalue weighted by atomic mass is 9.59. The molecule has 0 bridgehead atoms. The van der Waals surface area contributed by atoms with Crippen molar-refractivity contribution in [1.29, 1.82) is 0 Å². The van der Waals surface area contributed by atoms with Crippen molar-refractivity contribution < 1.29 is 32.7 Å². The van der Waals surface area contributed by atoms with Gasteiger partial charge in [0.2, 0.25) is 0 Å². The van der Waals surface area contributed by atoms with Gasteiger partial charge in [-0.05, 0) is 147 Å². The highest BCUT2D eigenvalue weighted by molar-refractivity contribution is 7.90. The van der Waals surface area contributed by atoms with Crippen molar-refractivity contribution >= 4 is 44.0 Å². The van der Waals surface area contributed by atoms with E-state index in [0.717, 1.165) is 107 Å². The van der Waals surface area contributed by atoms with E-state index >= 15 is 0 Å². The smallest absolute Gasteiger partial charge is 0.293 e. The minimum Gasteiger partial charge on any atom is -0.497 e. The Hall–Kier alpha value is -6.53. The third-order valence-corrected chi connectivity index (χ3v) is 17.7. The number of benzene rings is 4. The highest BCUT2D eigenvalue weighted by atomic mass is 32.2. The fraction of sp³-hybridized carbons (Fsp3) is 0.448. The minimum absolute atomic E-state index is 0.0281. The summed E-state index contributed by atoms with van der Waals surface area (Å²) in [5, 5.41) is 26.5. The summed E-state index contributed by atoms with van der Waals surface area (Å²) in [6, 6.07) is 30.7. The number of nitro groups is 1. The largest absolute Gasteiger partial charge is 0.497 e. The number of methoxy groups -OCH3 is 1. The van der Waals surface area contributed by atoms with Crippen LogP contribution in [0.25, 0.3) is 11.0 Å². The fourth-order valence-corrected chi connectivity index (χ4v) is 13.0. The average molecular weight is 1040 g/mol. The van der Waals surface area contributed by atoms with E-state index in [0.29, 0.717) is 48.8 Å². The number of carbonyl (C=O) groups is 1. The summed E-state index contributed by atoms with van der Waals surface area (Å²) in [5.41, 5.74) is 4.93. The van der Waals surface area contributed by atoms with Crippen LogP contribution in [0.15, 0.2) is 114 Å². The molecule has 0 radical (unpaired) electrons. The molecule has 17 heteroatoms. The van der Waals surface area contributed by atoms with Crippen molar-refractivity contribution in [2.24, 2.45) is 17.3 Å². The lowest BCUT2D eigenvalue weighted by Gasteiger charge is -2.58. The number of ether oxygens (including phenoxy) is 2. The second kappa shape index (κ2) is 21.6. The predicted octanol–water partition coefficient (Wildman–Crippen LogP) is 10.3. The van der Waals surface area contributed by atoms with Gasteiger partial charge < -0.3 is 29.8 Å². The van der Waals surface area contributed by atoms with E-state index in [1.54, 1.807) is 37.7 Å². The average Bonchev–Trinajstić information content (AvgIpc) is 3.86. The molecule has 4 heterocycles. The lowest BCUT2D eigenvalue weighted by Crippen LogP contribution is -2.60. The Morgan fingerprint density at radius 3 is 2.43 bits per heavy atom. The van der Waals surface area contributed by atoms with Gasteiger partial charge in [0.25, 0.3) is 21.6 Å². The molecule has 2 aliphatic carbocycles. The number of fused-ring (bicyclic) bond motifs is 1. The number of aliphatic hydroxyl groups is 1. The third kappa shape index (κ3) is 11.8. The van der Waals surface area contributed by atoms with Gasteiger partial charge in [-0.3, -0.25) is 24.7 Å². The Morgan fingerprint density at radius 1 is 0.933 bits per heavy atom. The molecule has 2 aromatic heterocycles. The Morgan fingerprint density at radius 2 is 1.69 bits per heavy atom.